The zero-order chi connectivity index (χ0) is 22.1. The molecule has 0 amide bonds. The Labute approximate surface area is 186 Å². The van der Waals surface area contributed by atoms with Crippen LogP contribution in [-0.4, -0.2) is 82.9 Å². The highest BCUT2D eigenvalue weighted by Crippen LogP contribution is 2.39. The van der Waals surface area contributed by atoms with Crippen LogP contribution in [0.1, 0.15) is 50.0 Å². The molecule has 1 unspecified atom stereocenters. The van der Waals surface area contributed by atoms with Crippen LogP contribution in [0, 0.1) is 5.41 Å². The fourth-order valence-electron chi connectivity index (χ4n) is 5.39. The third kappa shape index (κ3) is 5.42. The van der Waals surface area contributed by atoms with E-state index in [0.717, 1.165) is 45.3 Å². The Bertz CT molecular complexity index is 862. The first-order chi connectivity index (χ1) is 14.8. The van der Waals surface area contributed by atoms with Crippen molar-refractivity contribution in [1.82, 2.24) is 14.5 Å². The summed E-state index contributed by atoms with van der Waals surface area (Å²) >= 11 is 0. The topological polar surface area (TPSA) is 82.1 Å². The summed E-state index contributed by atoms with van der Waals surface area (Å²) < 4.78 is 35.1. The number of hydrogen-bond acceptors (Lipinski definition) is 6. The normalized spacial score (nSPS) is 28.4. The maximum absolute atomic E-state index is 13.1. The lowest BCUT2D eigenvalue weighted by Crippen LogP contribution is -2.50. The lowest BCUT2D eigenvalue weighted by atomic mass is 9.78. The lowest BCUT2D eigenvalue weighted by Gasteiger charge is -2.43. The zero-order valence-corrected chi connectivity index (χ0v) is 19.7. The van der Waals surface area contributed by atoms with Crippen LogP contribution in [0.3, 0.4) is 0 Å². The largest absolute Gasteiger partial charge is 0.492 e. The van der Waals surface area contributed by atoms with Crippen LogP contribution in [0.15, 0.2) is 23.1 Å². The minimum atomic E-state index is -3.77. The van der Waals surface area contributed by atoms with E-state index in [1.54, 1.807) is 6.07 Å². The van der Waals surface area contributed by atoms with E-state index in [1.807, 2.05) is 19.2 Å². The third-order valence-corrected chi connectivity index (χ3v) is 8.77. The molecule has 1 aromatic rings. The van der Waals surface area contributed by atoms with E-state index >= 15 is 0 Å². The molecule has 2 fully saturated rings. The number of rotatable bonds is 1. The number of β-amino-alcohol motifs (C(OH)–C–C–N with tert-alkyl or cyclic N) is 1. The van der Waals surface area contributed by atoms with Crippen molar-refractivity contribution in [3.8, 4) is 5.75 Å². The van der Waals surface area contributed by atoms with Gasteiger partial charge in [0.1, 0.15) is 10.6 Å². The van der Waals surface area contributed by atoms with Crippen LogP contribution in [0.4, 0.5) is 0 Å². The molecule has 1 saturated carbocycles. The highest BCUT2D eigenvalue weighted by atomic mass is 32.2. The Morgan fingerprint density at radius 2 is 1.84 bits per heavy atom. The number of hydrogen-bond donors (Lipinski definition) is 2. The second-order valence-corrected chi connectivity index (χ2v) is 11.7. The molecular formula is C23H37N3O4S. The van der Waals surface area contributed by atoms with Crippen molar-refractivity contribution in [1.29, 1.82) is 0 Å². The number of sulfonamides is 1. The summed E-state index contributed by atoms with van der Waals surface area (Å²) in [5.74, 6) is 0.934. The highest BCUT2D eigenvalue weighted by molar-refractivity contribution is 7.89. The van der Waals surface area contributed by atoms with E-state index in [1.165, 1.54) is 18.4 Å². The highest BCUT2D eigenvalue weighted by Gasteiger charge is 2.37. The first kappa shape index (κ1) is 23.0. The molecule has 3 aliphatic rings. The number of fused-ring (bicyclic) bond motifs is 1. The first-order valence-electron chi connectivity index (χ1n) is 11.6. The zero-order valence-electron chi connectivity index (χ0n) is 18.8. The van der Waals surface area contributed by atoms with Crippen LogP contribution in [0.5, 0.6) is 5.75 Å². The van der Waals surface area contributed by atoms with Crippen LogP contribution in [-0.2, 0) is 10.0 Å². The number of nitrogens with one attached hydrogen (secondary N) is 1. The molecule has 0 bridgehead atoms. The smallest absolute Gasteiger partial charge is 0.244 e. The molecule has 0 radical (unpaired) electrons. The first-order valence-corrected chi connectivity index (χ1v) is 13.1. The molecule has 1 saturated heterocycles. The summed E-state index contributed by atoms with van der Waals surface area (Å²) in [6.07, 6.45) is 5.98. The quantitative estimate of drug-likeness (QED) is 0.680. The van der Waals surface area contributed by atoms with Crippen molar-refractivity contribution in [2.24, 2.45) is 5.41 Å². The minimum absolute atomic E-state index is 0.00771. The van der Waals surface area contributed by atoms with Crippen molar-refractivity contribution in [3.63, 3.8) is 0 Å². The number of aliphatic hydroxyl groups is 1. The Hall–Kier alpha value is -1.19. The van der Waals surface area contributed by atoms with Crippen molar-refractivity contribution in [3.05, 3.63) is 23.8 Å². The van der Waals surface area contributed by atoms with E-state index in [2.05, 4.69) is 21.6 Å². The molecular weight excluding hydrogens is 414 g/mol. The average Bonchev–Trinajstić information content (AvgIpc) is 3.27. The molecule has 7 nitrogen and oxygen atoms in total. The summed E-state index contributed by atoms with van der Waals surface area (Å²) in [7, 11) is 0.360. The van der Waals surface area contributed by atoms with Crippen molar-refractivity contribution in [2.45, 2.75) is 55.4 Å². The third-order valence-electron chi connectivity index (χ3n) is 7.30. The van der Waals surface area contributed by atoms with E-state index in [-0.39, 0.29) is 16.9 Å². The maximum atomic E-state index is 13.1. The fourth-order valence-corrected chi connectivity index (χ4v) is 6.59. The summed E-state index contributed by atoms with van der Waals surface area (Å²) in [6, 6.07) is 5.59. The number of aliphatic hydroxyl groups excluding tert-OH is 1. The Morgan fingerprint density at radius 3 is 2.55 bits per heavy atom. The number of likely N-dealkylation sites (tertiary alicyclic amines) is 1. The SMILES string of the molecule is CN1CCC2(CC1)COc1cc(C3CCCC3)ccc1S(=O)(=O)NCC(O)CN(C)C2. The van der Waals surface area contributed by atoms with Crippen molar-refractivity contribution < 1.29 is 18.3 Å². The molecule has 1 aromatic carbocycles. The van der Waals surface area contributed by atoms with Gasteiger partial charge in [0, 0.05) is 25.0 Å². The molecule has 31 heavy (non-hydrogen) atoms. The second kappa shape index (κ2) is 9.35. The molecule has 0 aromatic heterocycles. The summed E-state index contributed by atoms with van der Waals surface area (Å²) in [6.45, 7) is 3.71. The van der Waals surface area contributed by atoms with Crippen molar-refractivity contribution >= 4 is 10.0 Å². The van der Waals surface area contributed by atoms with Gasteiger partial charge < -0.3 is 19.6 Å². The molecule has 1 atom stereocenters. The van der Waals surface area contributed by atoms with Gasteiger partial charge in [-0.1, -0.05) is 18.9 Å². The van der Waals surface area contributed by atoms with Gasteiger partial charge in [0.2, 0.25) is 10.0 Å². The van der Waals surface area contributed by atoms with Gasteiger partial charge >= 0.3 is 0 Å². The minimum Gasteiger partial charge on any atom is -0.492 e. The summed E-state index contributed by atoms with van der Waals surface area (Å²) in [4.78, 5) is 4.63. The van der Waals surface area contributed by atoms with Gasteiger partial charge in [0.05, 0.1) is 12.7 Å². The molecule has 4 rings (SSSR count). The van der Waals surface area contributed by atoms with Gasteiger partial charge in [-0.05, 0) is 76.5 Å². The molecule has 2 aliphatic heterocycles. The Kier molecular flexibility index (Phi) is 6.93. The standard InChI is InChI=1S/C23H37N3O4S/c1-25-11-9-23(10-12-25)16-26(2)15-20(27)14-24-31(28,29)22-8-7-19(13-21(22)30-17-23)18-5-3-4-6-18/h7-8,13,18,20,24,27H,3-6,9-12,14-17H2,1-2H3. The van der Waals surface area contributed by atoms with E-state index in [4.69, 9.17) is 4.74 Å². The summed E-state index contributed by atoms with van der Waals surface area (Å²) in [5, 5.41) is 10.5. The summed E-state index contributed by atoms with van der Waals surface area (Å²) in [5.41, 5.74) is 1.12. The van der Waals surface area contributed by atoms with Gasteiger partial charge in [-0.3, -0.25) is 0 Å². The number of piperidine rings is 1. The van der Waals surface area contributed by atoms with Gasteiger partial charge in [0.25, 0.3) is 0 Å². The number of likely N-dealkylation sites (N-methyl/N-ethyl adjacent to an activating group) is 1. The number of nitrogens with zero attached hydrogens (tertiary/aromatic N) is 2. The van der Waals surface area contributed by atoms with Crippen LogP contribution in [0.25, 0.3) is 0 Å². The monoisotopic (exact) mass is 451 g/mol. The van der Waals surface area contributed by atoms with Crippen molar-refractivity contribution in [2.75, 3.05) is 53.4 Å². The lowest BCUT2D eigenvalue weighted by molar-refractivity contribution is 0.0219. The van der Waals surface area contributed by atoms with Crippen LogP contribution < -0.4 is 9.46 Å². The van der Waals surface area contributed by atoms with E-state index < -0.39 is 16.1 Å². The van der Waals surface area contributed by atoms with E-state index in [0.29, 0.717) is 24.8 Å². The van der Waals surface area contributed by atoms with Gasteiger partial charge in [-0.15, -0.1) is 0 Å². The average molecular weight is 452 g/mol. The Morgan fingerprint density at radius 1 is 1.13 bits per heavy atom. The molecule has 1 spiro atoms. The predicted molar refractivity (Wildman–Crippen MR) is 121 cm³/mol. The molecule has 2 N–H and O–H groups in total. The molecule has 2 heterocycles. The number of benzene rings is 1. The molecule has 174 valence electrons. The Balaban J connectivity index is 1.69. The van der Waals surface area contributed by atoms with Gasteiger partial charge in [-0.2, -0.15) is 0 Å². The van der Waals surface area contributed by atoms with Crippen LogP contribution >= 0.6 is 0 Å². The fraction of sp³-hybridized carbons (Fsp3) is 0.739. The predicted octanol–water partition coefficient (Wildman–Crippen LogP) is 2.02. The molecule has 1 aliphatic carbocycles. The van der Waals surface area contributed by atoms with Gasteiger partial charge in [-0.25, -0.2) is 13.1 Å². The van der Waals surface area contributed by atoms with Crippen LogP contribution in [0.2, 0.25) is 0 Å². The van der Waals surface area contributed by atoms with Gasteiger partial charge in [0.15, 0.2) is 0 Å². The second-order valence-electron chi connectivity index (χ2n) is 9.98. The molecule has 8 heteroatoms. The van der Waals surface area contributed by atoms with E-state index in [9.17, 15) is 13.5 Å². The maximum Gasteiger partial charge on any atom is 0.244 e. The number of ether oxygens (including phenoxy) is 1.